The summed E-state index contributed by atoms with van der Waals surface area (Å²) in [6.45, 7) is 8.58. The van der Waals surface area contributed by atoms with E-state index in [2.05, 4.69) is 65.6 Å². The molecule has 4 nitrogen and oxygen atoms in total. The topological polar surface area (TPSA) is 43.6 Å². The summed E-state index contributed by atoms with van der Waals surface area (Å²) in [5, 5.41) is 10.2. The Morgan fingerprint density at radius 3 is 2.35 bits per heavy atom. The Bertz CT molecular complexity index is 809. The van der Waals surface area contributed by atoms with Crippen LogP contribution in [0.1, 0.15) is 25.0 Å². The second kappa shape index (κ2) is 6.54. The summed E-state index contributed by atoms with van der Waals surface area (Å²) in [5.41, 5.74) is 4.65. The average Bonchev–Trinajstić information content (AvgIpc) is 2.94. The second-order valence-corrected chi connectivity index (χ2v) is 7.36. The SMILES string of the molecule is Cc1ccc(-n2c(SC(C)C)nnc2-c2ccncc2)cc1C. The fraction of sp³-hybridized carbons (Fsp3) is 0.278. The van der Waals surface area contributed by atoms with Gasteiger partial charge >= 0.3 is 0 Å². The van der Waals surface area contributed by atoms with Crippen molar-refractivity contribution in [3.05, 3.63) is 53.9 Å². The summed E-state index contributed by atoms with van der Waals surface area (Å²) in [7, 11) is 0. The van der Waals surface area contributed by atoms with Crippen LogP contribution < -0.4 is 0 Å². The molecule has 2 aromatic heterocycles. The van der Waals surface area contributed by atoms with Crippen LogP contribution in [0.4, 0.5) is 0 Å². The number of thioether (sulfide) groups is 1. The van der Waals surface area contributed by atoms with Crippen LogP contribution in [0, 0.1) is 13.8 Å². The van der Waals surface area contributed by atoms with Crippen molar-refractivity contribution in [3.8, 4) is 17.1 Å². The number of hydrogen-bond acceptors (Lipinski definition) is 4. The zero-order valence-corrected chi connectivity index (χ0v) is 14.6. The molecule has 0 bridgehead atoms. The van der Waals surface area contributed by atoms with Crippen LogP contribution >= 0.6 is 11.8 Å². The third kappa shape index (κ3) is 3.29. The third-order valence-corrected chi connectivity index (χ3v) is 4.61. The molecule has 0 radical (unpaired) electrons. The highest BCUT2D eigenvalue weighted by atomic mass is 32.2. The molecule has 0 spiro atoms. The van der Waals surface area contributed by atoms with Gasteiger partial charge < -0.3 is 0 Å². The number of pyridine rings is 1. The van der Waals surface area contributed by atoms with Crippen LogP contribution in [0.3, 0.4) is 0 Å². The Morgan fingerprint density at radius 1 is 0.957 bits per heavy atom. The van der Waals surface area contributed by atoms with Crippen molar-refractivity contribution in [3.63, 3.8) is 0 Å². The average molecular weight is 324 g/mol. The highest BCUT2D eigenvalue weighted by molar-refractivity contribution is 7.99. The Balaban J connectivity index is 2.18. The van der Waals surface area contributed by atoms with Crippen LogP contribution in [0.25, 0.3) is 17.1 Å². The van der Waals surface area contributed by atoms with Gasteiger partial charge in [0.25, 0.3) is 0 Å². The number of aromatic nitrogens is 4. The monoisotopic (exact) mass is 324 g/mol. The summed E-state index contributed by atoms with van der Waals surface area (Å²) >= 11 is 1.72. The van der Waals surface area contributed by atoms with Crippen LogP contribution in [-0.2, 0) is 0 Å². The minimum absolute atomic E-state index is 0.440. The number of hydrogen-bond donors (Lipinski definition) is 0. The summed E-state index contributed by atoms with van der Waals surface area (Å²) in [6, 6.07) is 10.4. The van der Waals surface area contributed by atoms with Crippen molar-refractivity contribution < 1.29 is 0 Å². The lowest BCUT2D eigenvalue weighted by Crippen LogP contribution is -2.02. The minimum atomic E-state index is 0.440. The predicted octanol–water partition coefficient (Wildman–Crippen LogP) is 4.45. The van der Waals surface area contributed by atoms with E-state index < -0.39 is 0 Å². The first-order valence-electron chi connectivity index (χ1n) is 7.66. The van der Waals surface area contributed by atoms with Gasteiger partial charge in [-0.15, -0.1) is 10.2 Å². The van der Waals surface area contributed by atoms with E-state index in [9.17, 15) is 0 Å². The van der Waals surface area contributed by atoms with E-state index in [1.165, 1.54) is 11.1 Å². The van der Waals surface area contributed by atoms with Gasteiger partial charge in [0.2, 0.25) is 0 Å². The Labute approximate surface area is 141 Å². The zero-order valence-electron chi connectivity index (χ0n) is 13.8. The van der Waals surface area contributed by atoms with Crippen molar-refractivity contribution in [2.75, 3.05) is 0 Å². The molecule has 2 heterocycles. The molecule has 1 aromatic carbocycles. The van der Waals surface area contributed by atoms with E-state index in [0.717, 1.165) is 22.2 Å². The lowest BCUT2D eigenvalue weighted by Gasteiger charge is -2.13. The largest absolute Gasteiger partial charge is 0.270 e. The number of benzene rings is 1. The van der Waals surface area contributed by atoms with Gasteiger partial charge in [0.15, 0.2) is 11.0 Å². The van der Waals surface area contributed by atoms with E-state index in [1.54, 1.807) is 24.2 Å². The summed E-state index contributed by atoms with van der Waals surface area (Å²) in [5.74, 6) is 0.846. The second-order valence-electron chi connectivity index (χ2n) is 5.81. The highest BCUT2D eigenvalue weighted by Gasteiger charge is 2.17. The van der Waals surface area contributed by atoms with E-state index >= 15 is 0 Å². The number of nitrogens with zero attached hydrogens (tertiary/aromatic N) is 4. The van der Waals surface area contributed by atoms with Crippen molar-refractivity contribution in [2.45, 2.75) is 38.1 Å². The van der Waals surface area contributed by atoms with Gasteiger partial charge in [-0.3, -0.25) is 9.55 Å². The van der Waals surface area contributed by atoms with E-state index in [-0.39, 0.29) is 0 Å². The Morgan fingerprint density at radius 2 is 1.70 bits per heavy atom. The maximum Gasteiger partial charge on any atom is 0.196 e. The maximum atomic E-state index is 4.43. The molecule has 0 fully saturated rings. The third-order valence-electron chi connectivity index (χ3n) is 3.66. The smallest absolute Gasteiger partial charge is 0.196 e. The molecule has 3 rings (SSSR count). The van der Waals surface area contributed by atoms with Crippen LogP contribution in [-0.4, -0.2) is 25.0 Å². The zero-order chi connectivity index (χ0) is 16.4. The predicted molar refractivity (Wildman–Crippen MR) is 95.1 cm³/mol. The van der Waals surface area contributed by atoms with Gasteiger partial charge in [0, 0.05) is 23.2 Å². The van der Waals surface area contributed by atoms with E-state index in [1.807, 2.05) is 12.1 Å². The van der Waals surface area contributed by atoms with Crippen molar-refractivity contribution in [1.29, 1.82) is 0 Å². The van der Waals surface area contributed by atoms with Crippen molar-refractivity contribution in [1.82, 2.24) is 19.7 Å². The van der Waals surface area contributed by atoms with Crippen LogP contribution in [0.15, 0.2) is 47.9 Å². The first kappa shape index (κ1) is 15.7. The molecule has 5 heteroatoms. The summed E-state index contributed by atoms with van der Waals surface area (Å²) in [6.07, 6.45) is 3.56. The van der Waals surface area contributed by atoms with Crippen LogP contribution in [0.5, 0.6) is 0 Å². The van der Waals surface area contributed by atoms with E-state index in [4.69, 9.17) is 0 Å². The van der Waals surface area contributed by atoms with Gasteiger partial charge in [-0.2, -0.15) is 0 Å². The Kier molecular flexibility index (Phi) is 4.48. The molecule has 0 saturated carbocycles. The molecule has 118 valence electrons. The Hall–Kier alpha value is -2.14. The molecular weight excluding hydrogens is 304 g/mol. The van der Waals surface area contributed by atoms with Crippen molar-refractivity contribution in [2.24, 2.45) is 0 Å². The molecule has 0 aliphatic heterocycles. The van der Waals surface area contributed by atoms with Crippen molar-refractivity contribution >= 4 is 11.8 Å². The first-order valence-corrected chi connectivity index (χ1v) is 8.54. The van der Waals surface area contributed by atoms with Gasteiger partial charge in [0.1, 0.15) is 0 Å². The molecule has 0 unspecified atom stereocenters. The molecule has 0 atom stereocenters. The fourth-order valence-electron chi connectivity index (χ4n) is 2.34. The van der Waals surface area contributed by atoms with E-state index in [0.29, 0.717) is 5.25 Å². The number of aryl methyl sites for hydroxylation is 2. The highest BCUT2D eigenvalue weighted by Crippen LogP contribution is 2.30. The molecule has 0 aliphatic carbocycles. The summed E-state index contributed by atoms with van der Waals surface area (Å²) < 4.78 is 2.13. The fourth-order valence-corrected chi connectivity index (χ4v) is 3.15. The molecular formula is C18H20N4S. The molecule has 3 aromatic rings. The molecule has 0 amide bonds. The maximum absolute atomic E-state index is 4.43. The molecule has 23 heavy (non-hydrogen) atoms. The van der Waals surface area contributed by atoms with Gasteiger partial charge in [-0.1, -0.05) is 31.7 Å². The number of rotatable bonds is 4. The normalized spacial score (nSPS) is 11.2. The molecule has 0 saturated heterocycles. The lowest BCUT2D eigenvalue weighted by atomic mass is 10.1. The van der Waals surface area contributed by atoms with Gasteiger partial charge in [0.05, 0.1) is 5.69 Å². The van der Waals surface area contributed by atoms with Crippen LogP contribution in [0.2, 0.25) is 0 Å². The quantitative estimate of drug-likeness (QED) is 0.665. The summed E-state index contributed by atoms with van der Waals surface area (Å²) in [4.78, 5) is 4.09. The lowest BCUT2D eigenvalue weighted by molar-refractivity contribution is 0.877. The molecule has 0 aliphatic rings. The standard InChI is InChI=1S/C18H20N4S/c1-12(2)23-18-21-20-17(15-7-9-19-10-8-15)22(18)16-6-5-13(3)14(4)11-16/h5-12H,1-4H3. The first-order chi connectivity index (χ1) is 11.1. The molecule has 0 N–H and O–H groups in total. The van der Waals surface area contributed by atoms with Gasteiger partial charge in [-0.25, -0.2) is 0 Å². The minimum Gasteiger partial charge on any atom is -0.270 e. The van der Waals surface area contributed by atoms with Gasteiger partial charge in [-0.05, 0) is 49.2 Å².